The summed E-state index contributed by atoms with van der Waals surface area (Å²) in [6.45, 7) is -0.265. The number of amides is 1. The third kappa shape index (κ3) is 2.91. The van der Waals surface area contributed by atoms with Crippen molar-refractivity contribution in [1.82, 2.24) is 0 Å². The first kappa shape index (κ1) is 19.0. The molecule has 1 aromatic rings. The van der Waals surface area contributed by atoms with Crippen molar-refractivity contribution in [1.29, 1.82) is 0 Å². The lowest BCUT2D eigenvalue weighted by Crippen LogP contribution is -2.64. The summed E-state index contributed by atoms with van der Waals surface area (Å²) < 4.78 is 124. The summed E-state index contributed by atoms with van der Waals surface area (Å²) in [4.78, 5) is 11.2. The van der Waals surface area contributed by atoms with Crippen LogP contribution in [-0.4, -0.2) is 36.6 Å². The van der Waals surface area contributed by atoms with Gasteiger partial charge in [0.15, 0.2) is 11.5 Å². The van der Waals surface area contributed by atoms with Crippen molar-refractivity contribution in [2.75, 3.05) is 12.1 Å². The number of benzene rings is 1. The van der Waals surface area contributed by atoms with Gasteiger partial charge >= 0.3 is 29.9 Å². The van der Waals surface area contributed by atoms with E-state index >= 15 is 0 Å². The van der Waals surface area contributed by atoms with E-state index in [0.717, 1.165) is 23.5 Å². The molecule has 0 unspecified atom stereocenters. The molecule has 0 fully saturated rings. The number of carbonyl (C=O) groups is 1. The topological polar surface area (TPSA) is 47.6 Å². The molecule has 0 radical (unpaired) electrons. The van der Waals surface area contributed by atoms with Crippen molar-refractivity contribution in [3.8, 4) is 11.5 Å². The summed E-state index contributed by atoms with van der Waals surface area (Å²) in [6, 6.07) is 2.76. The number of rotatable bonds is 4. The fourth-order valence-electron chi connectivity index (χ4n) is 1.70. The molecular formula is C12H6F9NO3. The lowest BCUT2D eigenvalue weighted by molar-refractivity contribution is -0.388. The van der Waals surface area contributed by atoms with Gasteiger partial charge in [0.1, 0.15) is 0 Å². The largest absolute Gasteiger partial charge is 0.460 e. The minimum atomic E-state index is -7.14. The van der Waals surface area contributed by atoms with E-state index in [1.807, 2.05) is 0 Å². The maximum atomic E-state index is 13.4. The standard InChI is InChI=1S/C12H6F9NO3/c13-9(14,10(15,16)11(17,18)12(19,20)21)8(23)22-5-1-2-6-7(3-5)25-4-24-6/h1-3H,4H2,(H,22,23). The molecule has 0 aliphatic carbocycles. The molecular weight excluding hydrogens is 377 g/mol. The molecule has 2 rings (SSSR count). The molecule has 0 saturated heterocycles. The summed E-state index contributed by atoms with van der Waals surface area (Å²) in [5, 5.41) is 1.14. The van der Waals surface area contributed by atoms with Crippen LogP contribution in [0.1, 0.15) is 0 Å². The summed E-state index contributed by atoms with van der Waals surface area (Å²) in [5.41, 5.74) is -0.611. The molecule has 0 bridgehead atoms. The highest BCUT2D eigenvalue weighted by molar-refractivity contribution is 5.97. The third-order valence-electron chi connectivity index (χ3n) is 3.06. The van der Waals surface area contributed by atoms with Gasteiger partial charge in [0, 0.05) is 11.8 Å². The average molecular weight is 383 g/mol. The van der Waals surface area contributed by atoms with Crippen LogP contribution < -0.4 is 14.8 Å². The van der Waals surface area contributed by atoms with Crippen LogP contribution >= 0.6 is 0 Å². The predicted molar refractivity (Wildman–Crippen MR) is 62.1 cm³/mol. The number of carbonyl (C=O) groups excluding carboxylic acids is 1. The van der Waals surface area contributed by atoms with Gasteiger partial charge < -0.3 is 14.8 Å². The second kappa shape index (κ2) is 5.59. The van der Waals surface area contributed by atoms with Gasteiger partial charge in [0.2, 0.25) is 6.79 Å². The molecule has 13 heteroatoms. The number of hydrogen-bond acceptors (Lipinski definition) is 3. The average Bonchev–Trinajstić information content (AvgIpc) is 2.93. The first-order valence-corrected chi connectivity index (χ1v) is 6.13. The zero-order valence-corrected chi connectivity index (χ0v) is 11.6. The first-order valence-electron chi connectivity index (χ1n) is 6.13. The molecule has 1 heterocycles. The van der Waals surface area contributed by atoms with Crippen molar-refractivity contribution in [2.45, 2.75) is 23.9 Å². The van der Waals surface area contributed by atoms with Crippen LogP contribution in [0, 0.1) is 0 Å². The summed E-state index contributed by atoms with van der Waals surface area (Å²) in [5.74, 6) is -23.6. The molecule has 140 valence electrons. The van der Waals surface area contributed by atoms with Crippen LogP contribution in [0.4, 0.5) is 45.2 Å². The molecule has 4 nitrogen and oxygen atoms in total. The minimum Gasteiger partial charge on any atom is -0.454 e. The predicted octanol–water partition coefficient (Wildman–Crippen LogP) is 3.82. The van der Waals surface area contributed by atoms with Gasteiger partial charge in [-0.05, 0) is 12.1 Å². The van der Waals surface area contributed by atoms with E-state index in [2.05, 4.69) is 0 Å². The Balaban J connectivity index is 2.27. The Morgan fingerprint density at radius 2 is 1.44 bits per heavy atom. The Labute approximate surface area is 132 Å². The second-order valence-electron chi connectivity index (χ2n) is 4.74. The van der Waals surface area contributed by atoms with Gasteiger partial charge in [-0.25, -0.2) is 0 Å². The normalized spacial score (nSPS) is 15.2. The fraction of sp³-hybridized carbons (Fsp3) is 0.417. The fourth-order valence-corrected chi connectivity index (χ4v) is 1.70. The van der Waals surface area contributed by atoms with Crippen LogP contribution in [0.3, 0.4) is 0 Å². The van der Waals surface area contributed by atoms with E-state index in [1.165, 1.54) is 0 Å². The zero-order valence-electron chi connectivity index (χ0n) is 11.6. The molecule has 0 saturated carbocycles. The van der Waals surface area contributed by atoms with E-state index in [0.29, 0.717) is 0 Å². The molecule has 0 spiro atoms. The van der Waals surface area contributed by atoms with E-state index in [1.54, 1.807) is 0 Å². The van der Waals surface area contributed by atoms with Crippen molar-refractivity contribution in [3.05, 3.63) is 18.2 Å². The second-order valence-corrected chi connectivity index (χ2v) is 4.74. The molecule has 0 aromatic heterocycles. The smallest absolute Gasteiger partial charge is 0.454 e. The van der Waals surface area contributed by atoms with Crippen molar-refractivity contribution in [3.63, 3.8) is 0 Å². The van der Waals surface area contributed by atoms with Gasteiger partial charge in [-0.2, -0.15) is 39.5 Å². The Bertz CT molecular complexity index is 687. The number of nitrogens with one attached hydrogen (secondary N) is 1. The molecule has 1 aromatic carbocycles. The molecule has 25 heavy (non-hydrogen) atoms. The van der Waals surface area contributed by atoms with Crippen LogP contribution in [0.2, 0.25) is 0 Å². The van der Waals surface area contributed by atoms with E-state index < -0.39 is 35.5 Å². The summed E-state index contributed by atoms with van der Waals surface area (Å²) in [7, 11) is 0. The highest BCUT2D eigenvalue weighted by atomic mass is 19.4. The molecule has 0 atom stereocenters. The van der Waals surface area contributed by atoms with Gasteiger partial charge in [-0.1, -0.05) is 0 Å². The number of alkyl halides is 9. The Morgan fingerprint density at radius 3 is 2.00 bits per heavy atom. The van der Waals surface area contributed by atoms with Crippen LogP contribution in [0.15, 0.2) is 18.2 Å². The van der Waals surface area contributed by atoms with Gasteiger partial charge in [-0.3, -0.25) is 4.79 Å². The van der Waals surface area contributed by atoms with Gasteiger partial charge in [0.05, 0.1) is 0 Å². The quantitative estimate of drug-likeness (QED) is 0.805. The maximum Gasteiger partial charge on any atom is 0.460 e. The SMILES string of the molecule is O=C(Nc1ccc2c(c1)OCO2)C(F)(F)C(F)(F)C(F)(F)C(F)(F)F. The number of hydrogen-bond donors (Lipinski definition) is 1. The van der Waals surface area contributed by atoms with Crippen LogP contribution in [0.5, 0.6) is 11.5 Å². The Kier molecular flexibility index (Phi) is 4.25. The molecule has 1 aliphatic heterocycles. The van der Waals surface area contributed by atoms with Crippen LogP contribution in [-0.2, 0) is 4.79 Å². The highest BCUT2D eigenvalue weighted by Crippen LogP contribution is 2.53. The Morgan fingerprint density at radius 1 is 0.880 bits per heavy atom. The number of fused-ring (bicyclic) bond motifs is 1. The molecule has 1 amide bonds. The number of ether oxygens (including phenoxy) is 2. The lowest BCUT2D eigenvalue weighted by Gasteiger charge is -2.32. The number of halogens is 9. The first-order chi connectivity index (χ1) is 11.2. The zero-order chi connectivity index (χ0) is 19.3. The van der Waals surface area contributed by atoms with E-state index in [-0.39, 0.29) is 18.3 Å². The third-order valence-corrected chi connectivity index (χ3v) is 3.06. The highest BCUT2D eigenvalue weighted by Gasteiger charge is 2.83. The lowest BCUT2D eigenvalue weighted by atomic mass is 10.0. The monoisotopic (exact) mass is 383 g/mol. The van der Waals surface area contributed by atoms with Crippen LogP contribution in [0.25, 0.3) is 0 Å². The molecule has 1 N–H and O–H groups in total. The van der Waals surface area contributed by atoms with E-state index in [4.69, 9.17) is 9.47 Å². The number of anilines is 1. The van der Waals surface area contributed by atoms with Crippen molar-refractivity contribution < 1.29 is 53.8 Å². The summed E-state index contributed by atoms with van der Waals surface area (Å²) >= 11 is 0. The van der Waals surface area contributed by atoms with E-state index in [9.17, 15) is 44.3 Å². The van der Waals surface area contributed by atoms with Crippen molar-refractivity contribution >= 4 is 11.6 Å². The summed E-state index contributed by atoms with van der Waals surface area (Å²) in [6.07, 6.45) is -7.00. The molecule has 1 aliphatic rings. The minimum absolute atomic E-state index is 0.0894. The van der Waals surface area contributed by atoms with Crippen molar-refractivity contribution in [2.24, 2.45) is 0 Å². The van der Waals surface area contributed by atoms with Gasteiger partial charge in [0.25, 0.3) is 0 Å². The van der Waals surface area contributed by atoms with Gasteiger partial charge in [-0.15, -0.1) is 0 Å². The maximum absolute atomic E-state index is 13.4. The Hall–Kier alpha value is -2.34.